The van der Waals surface area contributed by atoms with Gasteiger partial charge in [-0.05, 0) is 32.0 Å². The molecular formula is C19H18Cl2NO6P. The maximum atomic E-state index is 13.3. The molecular weight excluding hydrogens is 440 g/mol. The lowest BCUT2D eigenvalue weighted by molar-refractivity contribution is 0.0608. The summed E-state index contributed by atoms with van der Waals surface area (Å²) < 4.78 is 29.2. The van der Waals surface area contributed by atoms with Crippen molar-refractivity contribution in [3.63, 3.8) is 0 Å². The monoisotopic (exact) mass is 457 g/mol. The molecule has 10 heteroatoms. The Bertz CT molecular complexity index is 969. The van der Waals surface area contributed by atoms with Gasteiger partial charge >= 0.3 is 7.60 Å². The first-order valence-electron chi connectivity index (χ1n) is 8.72. The Morgan fingerprint density at radius 1 is 1.14 bits per heavy atom. The molecule has 3 rings (SSSR count). The predicted octanol–water partition coefficient (Wildman–Crippen LogP) is 5.70. The zero-order valence-electron chi connectivity index (χ0n) is 15.7. The minimum absolute atomic E-state index is 0.0608. The Hall–Kier alpha value is -1.89. The summed E-state index contributed by atoms with van der Waals surface area (Å²) in [5, 5.41) is 0.220. The molecule has 1 aromatic heterocycles. The van der Waals surface area contributed by atoms with Gasteiger partial charge in [0, 0.05) is 5.56 Å². The van der Waals surface area contributed by atoms with E-state index in [-0.39, 0.29) is 39.7 Å². The Labute approximate surface area is 177 Å². The van der Waals surface area contributed by atoms with Crippen LogP contribution in [0.1, 0.15) is 46.2 Å². The fourth-order valence-corrected chi connectivity index (χ4v) is 5.08. The number of amides is 2. The second kappa shape index (κ2) is 8.46. The highest BCUT2D eigenvalue weighted by atomic mass is 35.5. The number of furan rings is 1. The summed E-state index contributed by atoms with van der Waals surface area (Å²) in [6.07, 6.45) is 2.70. The summed E-state index contributed by atoms with van der Waals surface area (Å²) in [4.78, 5) is 27.2. The molecule has 0 aliphatic carbocycles. The van der Waals surface area contributed by atoms with Gasteiger partial charge in [-0.1, -0.05) is 29.8 Å². The fourth-order valence-electron chi connectivity index (χ4n) is 3.10. The van der Waals surface area contributed by atoms with Crippen LogP contribution in [-0.2, 0) is 13.6 Å². The van der Waals surface area contributed by atoms with Crippen molar-refractivity contribution in [2.24, 2.45) is 0 Å². The van der Waals surface area contributed by atoms with Gasteiger partial charge in [0.15, 0.2) is 0 Å². The van der Waals surface area contributed by atoms with Crippen molar-refractivity contribution in [2.45, 2.75) is 19.9 Å². The van der Waals surface area contributed by atoms with E-state index in [1.807, 2.05) is 0 Å². The molecule has 0 spiro atoms. The number of hydrogen-bond acceptors (Lipinski definition) is 6. The lowest BCUT2D eigenvalue weighted by atomic mass is 10.1. The van der Waals surface area contributed by atoms with E-state index < -0.39 is 25.5 Å². The van der Waals surface area contributed by atoms with Crippen molar-refractivity contribution in [3.05, 3.63) is 69.4 Å². The highest BCUT2D eigenvalue weighted by molar-refractivity contribution is 7.58. The van der Waals surface area contributed by atoms with E-state index in [1.165, 1.54) is 24.7 Å². The Morgan fingerprint density at radius 2 is 1.66 bits per heavy atom. The number of imide groups is 1. The third-order valence-electron chi connectivity index (χ3n) is 4.34. The zero-order valence-corrected chi connectivity index (χ0v) is 18.1. The number of hydrogen-bond donors (Lipinski definition) is 0. The van der Waals surface area contributed by atoms with E-state index in [0.29, 0.717) is 5.56 Å². The highest BCUT2D eigenvalue weighted by Gasteiger charge is 2.47. The van der Waals surface area contributed by atoms with Crippen molar-refractivity contribution < 1.29 is 27.6 Å². The van der Waals surface area contributed by atoms with E-state index in [0.717, 1.165) is 4.90 Å². The largest absolute Gasteiger partial charge is 0.472 e. The molecule has 1 atom stereocenters. The average Bonchev–Trinajstić information content (AvgIpc) is 3.27. The lowest BCUT2D eigenvalue weighted by Crippen LogP contribution is -2.35. The summed E-state index contributed by atoms with van der Waals surface area (Å²) in [7, 11) is -3.86. The van der Waals surface area contributed by atoms with Crippen molar-refractivity contribution >= 4 is 42.6 Å². The molecule has 0 radical (unpaired) electrons. The number of benzene rings is 1. The van der Waals surface area contributed by atoms with Crippen LogP contribution in [0.3, 0.4) is 0 Å². The standard InChI is InChI=1S/C19H18Cl2NO6P/c1-4-27-29(25,28-5-2)11(3)17(12-6-7-26-10-12)22-18(23)13-8-15(20)16(21)9-14(13)19(22)24/h6-10,17H,3-5H2,1-2H3. The Balaban J connectivity index is 2.12. The van der Waals surface area contributed by atoms with Crippen LogP contribution in [0.2, 0.25) is 10.0 Å². The maximum absolute atomic E-state index is 13.3. The molecule has 29 heavy (non-hydrogen) atoms. The Kier molecular flexibility index (Phi) is 6.36. The number of rotatable bonds is 8. The number of fused-ring (bicyclic) bond motifs is 1. The molecule has 0 saturated heterocycles. The number of carbonyl (C=O) groups is 2. The van der Waals surface area contributed by atoms with Crippen LogP contribution in [-0.4, -0.2) is 29.9 Å². The highest BCUT2D eigenvalue weighted by Crippen LogP contribution is 2.61. The Morgan fingerprint density at radius 3 is 2.07 bits per heavy atom. The zero-order chi connectivity index (χ0) is 21.3. The molecule has 1 aliphatic rings. The van der Waals surface area contributed by atoms with Crippen molar-refractivity contribution in [1.82, 2.24) is 4.90 Å². The second-order valence-corrected chi connectivity index (χ2v) is 8.98. The van der Waals surface area contributed by atoms with Gasteiger partial charge in [0.1, 0.15) is 6.04 Å². The lowest BCUT2D eigenvalue weighted by Gasteiger charge is -2.30. The van der Waals surface area contributed by atoms with Crippen molar-refractivity contribution in [2.75, 3.05) is 13.2 Å². The summed E-state index contributed by atoms with van der Waals surface area (Å²) in [6.45, 7) is 7.35. The van der Waals surface area contributed by atoms with E-state index in [9.17, 15) is 14.2 Å². The summed E-state index contributed by atoms with van der Waals surface area (Å²) in [6, 6.07) is 3.07. The quantitative estimate of drug-likeness (QED) is 0.373. The SMILES string of the molecule is C=C(C(c1ccoc1)N1C(=O)c2cc(Cl)c(Cl)cc2C1=O)P(=O)(OCC)OCC. The third kappa shape index (κ3) is 3.81. The number of halogens is 2. The molecule has 0 bridgehead atoms. The van der Waals surface area contributed by atoms with Gasteiger partial charge in [0.05, 0.1) is 52.2 Å². The van der Waals surface area contributed by atoms with E-state index in [4.69, 9.17) is 36.7 Å². The molecule has 2 amide bonds. The molecule has 7 nitrogen and oxygen atoms in total. The smallest absolute Gasteiger partial charge is 0.359 e. The van der Waals surface area contributed by atoms with Crippen LogP contribution in [0.5, 0.6) is 0 Å². The van der Waals surface area contributed by atoms with Gasteiger partial charge in [-0.15, -0.1) is 0 Å². The number of nitrogens with zero attached hydrogens (tertiary/aromatic N) is 1. The van der Waals surface area contributed by atoms with Gasteiger partial charge in [-0.2, -0.15) is 0 Å². The molecule has 2 aromatic rings. The predicted molar refractivity (Wildman–Crippen MR) is 108 cm³/mol. The average molecular weight is 458 g/mol. The van der Waals surface area contributed by atoms with E-state index in [1.54, 1.807) is 19.9 Å². The third-order valence-corrected chi connectivity index (χ3v) is 7.21. The molecule has 1 unspecified atom stereocenters. The topological polar surface area (TPSA) is 86.1 Å². The van der Waals surface area contributed by atoms with E-state index in [2.05, 4.69) is 6.58 Å². The first kappa shape index (κ1) is 21.8. The van der Waals surface area contributed by atoms with Gasteiger partial charge in [0.2, 0.25) is 0 Å². The van der Waals surface area contributed by atoms with Crippen molar-refractivity contribution in [3.8, 4) is 0 Å². The fraction of sp³-hybridized carbons (Fsp3) is 0.263. The second-order valence-electron chi connectivity index (χ2n) is 6.08. The normalized spacial score (nSPS) is 15.0. The van der Waals surface area contributed by atoms with Crippen molar-refractivity contribution in [1.29, 1.82) is 0 Å². The maximum Gasteiger partial charge on any atom is 0.359 e. The van der Waals surface area contributed by atoms with Crippen LogP contribution >= 0.6 is 30.8 Å². The first-order chi connectivity index (χ1) is 13.7. The molecule has 1 aromatic carbocycles. The van der Waals surface area contributed by atoms with Gasteiger partial charge in [-0.25, -0.2) is 0 Å². The molecule has 154 valence electrons. The van der Waals surface area contributed by atoms with E-state index >= 15 is 0 Å². The minimum Gasteiger partial charge on any atom is -0.472 e. The van der Waals surface area contributed by atoms with Crippen LogP contribution < -0.4 is 0 Å². The first-order valence-corrected chi connectivity index (χ1v) is 11.0. The molecule has 2 heterocycles. The van der Waals surface area contributed by atoms with Gasteiger partial charge in [-0.3, -0.25) is 19.1 Å². The minimum atomic E-state index is -3.86. The van der Waals surface area contributed by atoms with Gasteiger partial charge < -0.3 is 13.5 Å². The molecule has 0 N–H and O–H groups in total. The molecule has 0 saturated carbocycles. The molecule has 0 fully saturated rings. The molecule has 1 aliphatic heterocycles. The number of carbonyl (C=O) groups excluding carboxylic acids is 2. The summed E-state index contributed by atoms with van der Waals surface area (Å²) >= 11 is 12.0. The van der Waals surface area contributed by atoms with Crippen LogP contribution in [0.4, 0.5) is 0 Å². The van der Waals surface area contributed by atoms with Crippen LogP contribution in [0, 0.1) is 0 Å². The van der Waals surface area contributed by atoms with Gasteiger partial charge in [0.25, 0.3) is 11.8 Å². The summed E-state index contributed by atoms with van der Waals surface area (Å²) in [5.41, 5.74) is 0.572. The van der Waals surface area contributed by atoms with Crippen LogP contribution in [0.15, 0.2) is 47.0 Å². The summed E-state index contributed by atoms with van der Waals surface area (Å²) in [5.74, 6) is -1.26. The van der Waals surface area contributed by atoms with Crippen LogP contribution in [0.25, 0.3) is 0 Å².